The molecule has 3 amide bonds. The number of nitrogens with one attached hydrogen (secondary N) is 3. The number of alkyl halides is 1. The molecule has 58 heavy (non-hydrogen) atoms. The fourth-order valence-corrected chi connectivity index (χ4v) is 5.36. The number of benzene rings is 3. The lowest BCUT2D eigenvalue weighted by Gasteiger charge is -1.95. The van der Waals surface area contributed by atoms with Crippen LogP contribution in [0.5, 0.6) is 0 Å². The fourth-order valence-electron chi connectivity index (χ4n) is 3.21. The summed E-state index contributed by atoms with van der Waals surface area (Å²) in [6.07, 6.45) is 1.79. The van der Waals surface area contributed by atoms with E-state index in [4.69, 9.17) is 23.2 Å². The zero-order valence-corrected chi connectivity index (χ0v) is 40.3. The van der Waals surface area contributed by atoms with Crippen molar-refractivity contribution in [2.45, 2.75) is 90.0 Å². The number of hydrogen-bond acceptors (Lipinski definition) is 10. The van der Waals surface area contributed by atoms with Crippen LogP contribution in [-0.2, 0) is 19.2 Å². The number of thioether (sulfide) groups is 3. The van der Waals surface area contributed by atoms with Gasteiger partial charge in [0, 0.05) is 0 Å². The van der Waals surface area contributed by atoms with Crippen LogP contribution in [0.1, 0.15) is 90.0 Å². The normalized spacial score (nSPS) is 15.3. The van der Waals surface area contributed by atoms with Crippen LogP contribution in [0, 0.1) is 0 Å². The van der Waals surface area contributed by atoms with Crippen molar-refractivity contribution >= 4 is 114 Å². The second-order valence-corrected chi connectivity index (χ2v) is 12.3. The van der Waals surface area contributed by atoms with Crippen molar-refractivity contribution < 1.29 is 19.2 Å². The van der Waals surface area contributed by atoms with Crippen molar-refractivity contribution in [3.05, 3.63) is 102 Å². The Balaban J connectivity index is -0.000000318. The second kappa shape index (κ2) is 44.2. The number of rotatable bonds is 4. The molecule has 15 heteroatoms. The molecule has 10 nitrogen and oxygen atoms in total. The molecular weight excluding hydrogens is 832 g/mol. The molecule has 0 aromatic heterocycles. The van der Waals surface area contributed by atoms with E-state index in [2.05, 4.69) is 30.9 Å². The number of carbonyl (C=O) groups is 4. The molecule has 0 radical (unpaired) electrons. The maximum atomic E-state index is 11.3. The van der Waals surface area contributed by atoms with Crippen molar-refractivity contribution in [1.29, 1.82) is 0 Å². The molecule has 6 rings (SSSR count). The van der Waals surface area contributed by atoms with Gasteiger partial charge in [0.1, 0.15) is 0 Å². The standard InChI is InChI=1S/C11H10N2OS.2C9H8N2OS.C2H2Cl2O.6C2H6/c1-2-9-10(14)13-11(15-9)12-8-6-4-3-5-7-8;2*12-8-6-13-9(11-8)10-7-4-2-1-3-5-7;3-1-2(4)5;6*1-2/h2-7H,1H3,(H,12,13,14);2*1-5H,6H2,(H,10,11,12);1H2;6*1-2H3. The molecule has 322 valence electrons. The van der Waals surface area contributed by atoms with Crippen LogP contribution in [0.25, 0.3) is 0 Å². The lowest BCUT2D eigenvalue weighted by atomic mass is 10.3. The zero-order valence-electron chi connectivity index (χ0n) is 36.3. The van der Waals surface area contributed by atoms with E-state index >= 15 is 0 Å². The monoisotopic (exact) mass is 894 g/mol. The lowest BCUT2D eigenvalue weighted by Crippen LogP contribution is -2.19. The first-order valence-corrected chi connectivity index (χ1v) is 23.1. The van der Waals surface area contributed by atoms with Crippen LogP contribution < -0.4 is 16.0 Å². The molecule has 3 saturated heterocycles. The van der Waals surface area contributed by atoms with Gasteiger partial charge in [-0.2, -0.15) is 0 Å². The van der Waals surface area contributed by atoms with E-state index < -0.39 is 5.24 Å². The van der Waals surface area contributed by atoms with Gasteiger partial charge in [-0.3, -0.25) is 19.2 Å². The van der Waals surface area contributed by atoms with Crippen molar-refractivity contribution in [3.63, 3.8) is 0 Å². The average molecular weight is 896 g/mol. The predicted molar refractivity (Wildman–Crippen MR) is 261 cm³/mol. The number of allylic oxidation sites excluding steroid dienone is 1. The fraction of sp³-hybridized carbons (Fsp3) is 0.372. The van der Waals surface area contributed by atoms with Gasteiger partial charge in [0.2, 0.25) is 17.1 Å². The first-order valence-electron chi connectivity index (χ1n) is 19.4. The third-order valence-corrected chi connectivity index (χ3v) is 8.44. The molecule has 3 fully saturated rings. The number of amides is 3. The van der Waals surface area contributed by atoms with E-state index in [1.165, 1.54) is 35.3 Å². The summed E-state index contributed by atoms with van der Waals surface area (Å²) in [6.45, 7) is 25.8. The van der Waals surface area contributed by atoms with Gasteiger partial charge in [0.05, 0.1) is 39.4 Å². The minimum absolute atomic E-state index is 0.0275. The van der Waals surface area contributed by atoms with Crippen LogP contribution in [0.2, 0.25) is 0 Å². The quantitative estimate of drug-likeness (QED) is 0.134. The largest absolute Gasteiger partial charge is 0.304 e. The van der Waals surface area contributed by atoms with E-state index in [1.807, 2.05) is 181 Å². The molecule has 3 heterocycles. The maximum absolute atomic E-state index is 11.3. The summed E-state index contributed by atoms with van der Waals surface area (Å²) in [6, 6.07) is 28.7. The summed E-state index contributed by atoms with van der Waals surface area (Å²) in [7, 11) is 0. The third kappa shape index (κ3) is 31.2. The number of nitrogens with zero attached hydrogens (tertiary/aromatic N) is 3. The Labute approximate surface area is 371 Å². The van der Waals surface area contributed by atoms with Crippen LogP contribution in [0.3, 0.4) is 0 Å². The summed E-state index contributed by atoms with van der Waals surface area (Å²) >= 11 is 13.8. The highest BCUT2D eigenvalue weighted by molar-refractivity contribution is 8.18. The molecule has 3 aliphatic rings. The molecule has 0 atom stereocenters. The van der Waals surface area contributed by atoms with Gasteiger partial charge in [0.15, 0.2) is 15.5 Å². The molecule has 0 saturated carbocycles. The average Bonchev–Trinajstić information content (AvgIpc) is 4.01. The molecule has 3 N–H and O–H groups in total. The molecule has 0 bridgehead atoms. The Hall–Kier alpha value is -3.88. The van der Waals surface area contributed by atoms with Gasteiger partial charge in [-0.05, 0) is 66.7 Å². The van der Waals surface area contributed by atoms with Crippen molar-refractivity contribution in [3.8, 4) is 0 Å². The van der Waals surface area contributed by atoms with Crippen LogP contribution in [0.15, 0.2) is 117 Å². The molecule has 0 aliphatic carbocycles. The number of hydrogen-bond donors (Lipinski definition) is 3. The van der Waals surface area contributed by atoms with E-state index in [-0.39, 0.29) is 23.6 Å². The Morgan fingerprint density at radius 3 is 1.09 bits per heavy atom. The number of halogens is 2. The molecular formula is C43H64Cl2N6O4S3. The van der Waals surface area contributed by atoms with Gasteiger partial charge in [0.25, 0.3) is 5.91 Å². The van der Waals surface area contributed by atoms with E-state index in [0.29, 0.717) is 31.9 Å². The van der Waals surface area contributed by atoms with Crippen molar-refractivity contribution in [2.75, 3.05) is 17.4 Å². The molecule has 0 unspecified atom stereocenters. The summed E-state index contributed by atoms with van der Waals surface area (Å²) < 4.78 is 0. The minimum Gasteiger partial charge on any atom is -0.304 e. The Kier molecular flexibility index (Phi) is 46.4. The van der Waals surface area contributed by atoms with Crippen LogP contribution in [-0.4, -0.2) is 55.9 Å². The highest BCUT2D eigenvalue weighted by atomic mass is 35.5. The summed E-state index contributed by atoms with van der Waals surface area (Å²) in [4.78, 5) is 56.0. The summed E-state index contributed by atoms with van der Waals surface area (Å²) in [5.74, 6) is 0.843. The summed E-state index contributed by atoms with van der Waals surface area (Å²) in [5.41, 5.74) is 2.58. The maximum Gasteiger partial charge on any atom is 0.263 e. The minimum atomic E-state index is -0.508. The Morgan fingerprint density at radius 2 is 0.862 bits per heavy atom. The van der Waals surface area contributed by atoms with E-state index in [9.17, 15) is 19.2 Å². The van der Waals surface area contributed by atoms with Gasteiger partial charge < -0.3 is 16.0 Å². The van der Waals surface area contributed by atoms with Crippen LogP contribution in [0.4, 0.5) is 17.1 Å². The van der Waals surface area contributed by atoms with Crippen molar-refractivity contribution in [1.82, 2.24) is 16.0 Å². The van der Waals surface area contributed by atoms with Crippen molar-refractivity contribution in [2.24, 2.45) is 15.0 Å². The SMILES string of the molecule is CC.CC.CC.CC.CC.CC.CC=C1SC(=Nc2ccccc2)NC1=O.O=C(Cl)CCl.O=C1CSC(=Nc2ccccc2)N1.O=C1CSC(=Nc2ccccc2)N1. The third-order valence-electron chi connectivity index (χ3n) is 5.15. The van der Waals surface area contributed by atoms with Crippen LogP contribution >= 0.6 is 58.5 Å². The first-order chi connectivity index (χ1) is 28.2. The molecule has 3 aromatic carbocycles. The molecule has 0 spiro atoms. The van der Waals surface area contributed by atoms with Gasteiger partial charge in [-0.15, -0.1) is 11.6 Å². The topological polar surface area (TPSA) is 141 Å². The first kappa shape index (κ1) is 60.8. The Bertz CT molecular complexity index is 1560. The zero-order chi connectivity index (χ0) is 45.1. The number of para-hydroxylation sites is 3. The predicted octanol–water partition coefficient (Wildman–Crippen LogP) is 12.7. The number of carbonyl (C=O) groups excluding carboxylic acids is 4. The second-order valence-electron chi connectivity index (χ2n) is 8.63. The van der Waals surface area contributed by atoms with Gasteiger partial charge in [-0.1, -0.05) is 167 Å². The smallest absolute Gasteiger partial charge is 0.263 e. The molecule has 3 aromatic rings. The van der Waals surface area contributed by atoms with E-state index in [0.717, 1.165) is 17.1 Å². The lowest BCUT2D eigenvalue weighted by molar-refractivity contribution is -0.117. The summed E-state index contributed by atoms with van der Waals surface area (Å²) in [5, 5.41) is 9.57. The highest BCUT2D eigenvalue weighted by Gasteiger charge is 2.22. The van der Waals surface area contributed by atoms with Gasteiger partial charge >= 0.3 is 0 Å². The number of aliphatic imine (C=N–C) groups is 3. The van der Waals surface area contributed by atoms with E-state index in [1.54, 1.807) is 6.08 Å². The van der Waals surface area contributed by atoms with Gasteiger partial charge in [-0.25, -0.2) is 15.0 Å². The molecule has 3 aliphatic heterocycles. The Morgan fingerprint density at radius 1 is 0.569 bits per heavy atom. The highest BCUT2D eigenvalue weighted by Crippen LogP contribution is 2.25. The number of amidine groups is 3.